The second kappa shape index (κ2) is 7.91. The van der Waals surface area contributed by atoms with E-state index in [4.69, 9.17) is 10.2 Å². The van der Waals surface area contributed by atoms with Crippen LogP contribution in [0.2, 0.25) is 0 Å². The molecule has 0 bridgehead atoms. The Hall–Kier alpha value is -1.40. The van der Waals surface area contributed by atoms with Crippen molar-refractivity contribution >= 4 is 11.6 Å². The fourth-order valence-corrected chi connectivity index (χ4v) is 1.73. The van der Waals surface area contributed by atoms with Crippen molar-refractivity contribution in [3.63, 3.8) is 0 Å². The Morgan fingerprint density at radius 1 is 1.21 bits per heavy atom. The van der Waals surface area contributed by atoms with Gasteiger partial charge in [-0.15, -0.1) is 0 Å². The summed E-state index contributed by atoms with van der Waals surface area (Å²) in [5.74, 6) is 2.49. The fraction of sp³-hybridized carbons (Fsp3) is 0.692. The zero-order chi connectivity index (χ0) is 14.3. The van der Waals surface area contributed by atoms with Crippen LogP contribution in [-0.4, -0.2) is 53.0 Å². The SMILES string of the molecule is CCNc1cc(N(CCO)CCO)nc(C(C)C)n1. The van der Waals surface area contributed by atoms with E-state index in [0.29, 0.717) is 13.1 Å². The highest BCUT2D eigenvalue weighted by molar-refractivity contribution is 5.49. The highest BCUT2D eigenvalue weighted by Crippen LogP contribution is 2.19. The summed E-state index contributed by atoms with van der Waals surface area (Å²) in [4.78, 5) is 10.8. The number of rotatable bonds is 8. The maximum Gasteiger partial charge on any atom is 0.135 e. The van der Waals surface area contributed by atoms with Crippen molar-refractivity contribution in [2.45, 2.75) is 26.7 Å². The van der Waals surface area contributed by atoms with Crippen LogP contribution in [-0.2, 0) is 0 Å². The predicted molar refractivity (Wildman–Crippen MR) is 76.7 cm³/mol. The summed E-state index contributed by atoms with van der Waals surface area (Å²) in [7, 11) is 0. The summed E-state index contributed by atoms with van der Waals surface area (Å²) >= 11 is 0. The second-order valence-electron chi connectivity index (χ2n) is 4.59. The van der Waals surface area contributed by atoms with Gasteiger partial charge in [0.25, 0.3) is 0 Å². The van der Waals surface area contributed by atoms with E-state index < -0.39 is 0 Å². The first-order chi connectivity index (χ1) is 9.12. The molecular weight excluding hydrogens is 244 g/mol. The molecule has 1 heterocycles. The maximum absolute atomic E-state index is 9.09. The largest absolute Gasteiger partial charge is 0.395 e. The van der Waals surface area contributed by atoms with E-state index in [0.717, 1.165) is 24.0 Å². The lowest BCUT2D eigenvalue weighted by molar-refractivity contribution is 0.280. The van der Waals surface area contributed by atoms with E-state index in [2.05, 4.69) is 15.3 Å². The molecule has 0 aromatic carbocycles. The van der Waals surface area contributed by atoms with Crippen LogP contribution >= 0.6 is 0 Å². The lowest BCUT2D eigenvalue weighted by Gasteiger charge is -2.23. The van der Waals surface area contributed by atoms with Gasteiger partial charge in [-0.3, -0.25) is 0 Å². The van der Waals surface area contributed by atoms with Gasteiger partial charge in [0.2, 0.25) is 0 Å². The molecule has 0 atom stereocenters. The average Bonchev–Trinajstić information content (AvgIpc) is 2.38. The lowest BCUT2D eigenvalue weighted by Crippen LogP contribution is -2.31. The van der Waals surface area contributed by atoms with E-state index in [1.54, 1.807) is 0 Å². The Morgan fingerprint density at radius 3 is 2.32 bits per heavy atom. The molecule has 0 aliphatic rings. The highest BCUT2D eigenvalue weighted by atomic mass is 16.3. The van der Waals surface area contributed by atoms with Crippen molar-refractivity contribution < 1.29 is 10.2 Å². The molecule has 6 nitrogen and oxygen atoms in total. The Balaban J connectivity index is 3.07. The number of hydrogen-bond acceptors (Lipinski definition) is 6. The normalized spacial score (nSPS) is 10.8. The van der Waals surface area contributed by atoms with Gasteiger partial charge in [-0.1, -0.05) is 13.8 Å². The van der Waals surface area contributed by atoms with Crippen LogP contribution in [0, 0.1) is 0 Å². The molecule has 0 saturated heterocycles. The molecule has 0 aliphatic carbocycles. The zero-order valence-corrected chi connectivity index (χ0v) is 11.9. The molecule has 0 saturated carbocycles. The number of hydrogen-bond donors (Lipinski definition) is 3. The van der Waals surface area contributed by atoms with Crippen LogP contribution in [0.15, 0.2) is 6.07 Å². The van der Waals surface area contributed by atoms with Gasteiger partial charge in [-0.2, -0.15) is 0 Å². The molecule has 1 aromatic rings. The Kier molecular flexibility index (Phi) is 6.52. The van der Waals surface area contributed by atoms with Gasteiger partial charge in [-0.25, -0.2) is 9.97 Å². The van der Waals surface area contributed by atoms with Crippen molar-refractivity contribution in [1.82, 2.24) is 9.97 Å². The lowest BCUT2D eigenvalue weighted by atomic mass is 10.2. The van der Waals surface area contributed by atoms with E-state index in [-0.39, 0.29) is 19.1 Å². The topological polar surface area (TPSA) is 81.5 Å². The first kappa shape index (κ1) is 15.7. The van der Waals surface area contributed by atoms with Crippen molar-refractivity contribution in [2.24, 2.45) is 0 Å². The molecule has 6 heteroatoms. The van der Waals surface area contributed by atoms with Crippen LogP contribution in [0.1, 0.15) is 32.5 Å². The molecule has 3 N–H and O–H groups in total. The van der Waals surface area contributed by atoms with E-state index in [1.165, 1.54) is 0 Å². The predicted octanol–water partition coefficient (Wildman–Crippen LogP) is 0.823. The minimum atomic E-state index is 0.0254. The maximum atomic E-state index is 9.09. The Morgan fingerprint density at radius 2 is 1.84 bits per heavy atom. The summed E-state index contributed by atoms with van der Waals surface area (Å²) in [6.07, 6.45) is 0. The average molecular weight is 268 g/mol. The molecule has 0 spiro atoms. The Labute approximate surface area is 114 Å². The molecule has 1 rings (SSSR count). The summed E-state index contributed by atoms with van der Waals surface area (Å²) in [5, 5.41) is 21.4. The number of nitrogens with zero attached hydrogens (tertiary/aromatic N) is 3. The van der Waals surface area contributed by atoms with Crippen LogP contribution in [0.5, 0.6) is 0 Å². The zero-order valence-electron chi connectivity index (χ0n) is 11.9. The quantitative estimate of drug-likeness (QED) is 0.648. The van der Waals surface area contributed by atoms with Gasteiger partial charge >= 0.3 is 0 Å². The molecule has 1 aromatic heterocycles. The highest BCUT2D eigenvalue weighted by Gasteiger charge is 2.12. The van der Waals surface area contributed by atoms with Gasteiger partial charge in [0, 0.05) is 31.6 Å². The number of aliphatic hydroxyl groups is 2. The van der Waals surface area contributed by atoms with Gasteiger partial charge in [0.15, 0.2) is 0 Å². The molecule has 0 fully saturated rings. The van der Waals surface area contributed by atoms with E-state index in [9.17, 15) is 0 Å². The van der Waals surface area contributed by atoms with E-state index in [1.807, 2.05) is 31.7 Å². The number of aromatic nitrogens is 2. The van der Waals surface area contributed by atoms with Crippen molar-refractivity contribution in [1.29, 1.82) is 0 Å². The molecule has 0 unspecified atom stereocenters. The third kappa shape index (κ3) is 4.65. The minimum Gasteiger partial charge on any atom is -0.395 e. The summed E-state index contributed by atoms with van der Waals surface area (Å²) < 4.78 is 0. The number of aliphatic hydroxyl groups excluding tert-OH is 2. The van der Waals surface area contributed by atoms with Crippen molar-refractivity contribution in [3.05, 3.63) is 11.9 Å². The summed E-state index contributed by atoms with van der Waals surface area (Å²) in [6.45, 7) is 7.81. The standard InChI is InChI=1S/C13H24N4O2/c1-4-14-11-9-12(16-13(15-11)10(2)3)17(5-7-18)6-8-19/h9-10,18-19H,4-8H2,1-3H3,(H,14,15,16). The molecular formula is C13H24N4O2. The van der Waals surface area contributed by atoms with Crippen LogP contribution in [0.4, 0.5) is 11.6 Å². The second-order valence-corrected chi connectivity index (χ2v) is 4.59. The molecule has 0 aliphatic heterocycles. The molecule has 108 valence electrons. The first-order valence-corrected chi connectivity index (χ1v) is 6.71. The summed E-state index contributed by atoms with van der Waals surface area (Å²) in [5.41, 5.74) is 0. The monoisotopic (exact) mass is 268 g/mol. The molecule has 0 radical (unpaired) electrons. The fourth-order valence-electron chi connectivity index (χ4n) is 1.73. The van der Waals surface area contributed by atoms with Crippen LogP contribution < -0.4 is 10.2 Å². The van der Waals surface area contributed by atoms with Gasteiger partial charge in [-0.05, 0) is 6.92 Å². The van der Waals surface area contributed by atoms with Gasteiger partial charge < -0.3 is 20.4 Å². The van der Waals surface area contributed by atoms with Crippen molar-refractivity contribution in [3.8, 4) is 0 Å². The minimum absolute atomic E-state index is 0.0254. The summed E-state index contributed by atoms with van der Waals surface area (Å²) in [6, 6.07) is 1.85. The van der Waals surface area contributed by atoms with Gasteiger partial charge in [0.05, 0.1) is 13.2 Å². The van der Waals surface area contributed by atoms with E-state index >= 15 is 0 Å². The third-order valence-electron chi connectivity index (χ3n) is 2.67. The van der Waals surface area contributed by atoms with Crippen molar-refractivity contribution in [2.75, 3.05) is 43.1 Å². The van der Waals surface area contributed by atoms with Gasteiger partial charge in [0.1, 0.15) is 17.5 Å². The van der Waals surface area contributed by atoms with Crippen LogP contribution in [0.3, 0.4) is 0 Å². The Bertz CT molecular complexity index is 379. The third-order valence-corrected chi connectivity index (χ3v) is 2.67. The smallest absolute Gasteiger partial charge is 0.135 e. The number of nitrogens with one attached hydrogen (secondary N) is 1. The first-order valence-electron chi connectivity index (χ1n) is 6.71. The molecule has 0 amide bonds. The molecule has 19 heavy (non-hydrogen) atoms. The van der Waals surface area contributed by atoms with Crippen LogP contribution in [0.25, 0.3) is 0 Å². The number of anilines is 2.